The highest BCUT2D eigenvalue weighted by molar-refractivity contribution is 7.84. The van der Waals surface area contributed by atoms with E-state index in [1.165, 1.54) is 5.69 Å². The Labute approximate surface area is 99.9 Å². The standard InChI is InChI=1S/C11H21N3OS/c1-4-10-8-11(14(5-2)13-10)9-12-6-7-16(3)15/h8,12H,4-7,9H2,1-3H3. The second kappa shape index (κ2) is 6.81. The van der Waals surface area contributed by atoms with Crippen LogP contribution >= 0.6 is 0 Å². The molecule has 1 unspecified atom stereocenters. The Morgan fingerprint density at radius 2 is 2.25 bits per heavy atom. The SMILES string of the molecule is CCc1cc(CNCCS(C)=O)n(CC)n1. The summed E-state index contributed by atoms with van der Waals surface area (Å²) in [7, 11) is -0.712. The Balaban J connectivity index is 2.45. The van der Waals surface area contributed by atoms with E-state index in [9.17, 15) is 4.21 Å². The first-order valence-corrected chi connectivity index (χ1v) is 7.46. The third kappa shape index (κ3) is 4.06. The lowest BCUT2D eigenvalue weighted by Gasteiger charge is -2.05. The van der Waals surface area contributed by atoms with Gasteiger partial charge in [-0.05, 0) is 19.4 Å². The van der Waals surface area contributed by atoms with Crippen LogP contribution in [0.15, 0.2) is 6.07 Å². The smallest absolute Gasteiger partial charge is 0.0625 e. The van der Waals surface area contributed by atoms with Gasteiger partial charge in [-0.1, -0.05) is 6.92 Å². The summed E-state index contributed by atoms with van der Waals surface area (Å²) < 4.78 is 12.9. The number of hydrogen-bond acceptors (Lipinski definition) is 3. The molecule has 0 bridgehead atoms. The molecule has 1 atom stereocenters. The average molecular weight is 243 g/mol. The van der Waals surface area contributed by atoms with Crippen molar-refractivity contribution >= 4 is 10.8 Å². The Morgan fingerprint density at radius 1 is 1.50 bits per heavy atom. The van der Waals surface area contributed by atoms with Crippen molar-refractivity contribution in [3.63, 3.8) is 0 Å². The van der Waals surface area contributed by atoms with Gasteiger partial charge >= 0.3 is 0 Å². The van der Waals surface area contributed by atoms with Crippen LogP contribution in [0.3, 0.4) is 0 Å². The minimum Gasteiger partial charge on any atom is -0.310 e. The Kier molecular flexibility index (Phi) is 5.69. The quantitative estimate of drug-likeness (QED) is 0.725. The predicted molar refractivity (Wildman–Crippen MR) is 67.9 cm³/mol. The lowest BCUT2D eigenvalue weighted by atomic mass is 10.3. The van der Waals surface area contributed by atoms with E-state index in [0.29, 0.717) is 5.75 Å². The zero-order valence-electron chi connectivity index (χ0n) is 10.3. The van der Waals surface area contributed by atoms with Crippen LogP contribution in [0.5, 0.6) is 0 Å². The molecule has 0 spiro atoms. The molecule has 4 nitrogen and oxygen atoms in total. The largest absolute Gasteiger partial charge is 0.310 e. The first-order valence-electron chi connectivity index (χ1n) is 5.73. The lowest BCUT2D eigenvalue weighted by molar-refractivity contribution is 0.585. The topological polar surface area (TPSA) is 46.9 Å². The zero-order valence-corrected chi connectivity index (χ0v) is 11.1. The summed E-state index contributed by atoms with van der Waals surface area (Å²) in [6, 6.07) is 2.14. The van der Waals surface area contributed by atoms with Crippen LogP contribution in [0.1, 0.15) is 25.2 Å². The summed E-state index contributed by atoms with van der Waals surface area (Å²) in [4.78, 5) is 0. The van der Waals surface area contributed by atoms with Gasteiger partial charge in [-0.2, -0.15) is 5.10 Å². The normalized spacial score (nSPS) is 12.9. The molecule has 0 aliphatic carbocycles. The average Bonchev–Trinajstić information content (AvgIpc) is 2.66. The molecule has 0 radical (unpaired) electrons. The van der Waals surface area contributed by atoms with Gasteiger partial charge in [0.25, 0.3) is 0 Å². The molecule has 1 heterocycles. The van der Waals surface area contributed by atoms with Gasteiger partial charge in [0, 0.05) is 42.4 Å². The summed E-state index contributed by atoms with van der Waals surface area (Å²) in [6.07, 6.45) is 2.70. The Hall–Kier alpha value is -0.680. The third-order valence-electron chi connectivity index (χ3n) is 2.45. The fraction of sp³-hybridized carbons (Fsp3) is 0.727. The van der Waals surface area contributed by atoms with Crippen LogP contribution in [0.2, 0.25) is 0 Å². The van der Waals surface area contributed by atoms with E-state index >= 15 is 0 Å². The van der Waals surface area contributed by atoms with Crippen molar-refractivity contribution in [2.45, 2.75) is 33.4 Å². The Bertz CT molecular complexity index is 349. The van der Waals surface area contributed by atoms with E-state index < -0.39 is 10.8 Å². The fourth-order valence-electron chi connectivity index (χ4n) is 1.54. The number of nitrogens with zero attached hydrogens (tertiary/aromatic N) is 2. The van der Waals surface area contributed by atoms with Gasteiger partial charge in [0.15, 0.2) is 0 Å². The maximum atomic E-state index is 10.9. The number of nitrogens with one attached hydrogen (secondary N) is 1. The van der Waals surface area contributed by atoms with Gasteiger partial charge in [0.1, 0.15) is 0 Å². The second-order valence-electron chi connectivity index (χ2n) is 3.75. The third-order valence-corrected chi connectivity index (χ3v) is 3.23. The first kappa shape index (κ1) is 13.4. The highest BCUT2D eigenvalue weighted by Gasteiger charge is 2.04. The van der Waals surface area contributed by atoms with Crippen LogP contribution < -0.4 is 5.32 Å². The van der Waals surface area contributed by atoms with Crippen LogP contribution in [0.25, 0.3) is 0 Å². The van der Waals surface area contributed by atoms with E-state index in [0.717, 1.165) is 31.7 Å². The summed E-state index contributed by atoms with van der Waals surface area (Å²) in [5.74, 6) is 0.709. The molecule has 1 N–H and O–H groups in total. The molecule has 1 rings (SSSR count). The van der Waals surface area contributed by atoms with Crippen molar-refractivity contribution in [3.05, 3.63) is 17.5 Å². The zero-order chi connectivity index (χ0) is 12.0. The number of aromatic nitrogens is 2. The lowest BCUT2D eigenvalue weighted by Crippen LogP contribution is -2.21. The molecule has 0 aliphatic rings. The second-order valence-corrected chi connectivity index (χ2v) is 5.31. The number of aryl methyl sites for hydroxylation is 2. The molecule has 0 saturated heterocycles. The summed E-state index contributed by atoms with van der Waals surface area (Å²) in [5.41, 5.74) is 2.35. The molecule has 0 aliphatic heterocycles. The molecule has 92 valence electrons. The Morgan fingerprint density at radius 3 is 2.81 bits per heavy atom. The van der Waals surface area contributed by atoms with Crippen molar-refractivity contribution < 1.29 is 4.21 Å². The van der Waals surface area contributed by atoms with Crippen molar-refractivity contribution in [1.29, 1.82) is 0 Å². The summed E-state index contributed by atoms with van der Waals surface area (Å²) in [6.45, 7) is 6.70. The molecule has 1 aromatic rings. The molecule has 16 heavy (non-hydrogen) atoms. The molecular formula is C11H21N3OS. The van der Waals surface area contributed by atoms with Gasteiger partial charge in [0.2, 0.25) is 0 Å². The van der Waals surface area contributed by atoms with Crippen LogP contribution in [0.4, 0.5) is 0 Å². The van der Waals surface area contributed by atoms with E-state index in [2.05, 4.69) is 30.3 Å². The summed E-state index contributed by atoms with van der Waals surface area (Å²) in [5, 5.41) is 7.77. The van der Waals surface area contributed by atoms with Crippen molar-refractivity contribution in [1.82, 2.24) is 15.1 Å². The predicted octanol–water partition coefficient (Wildman–Crippen LogP) is 0.933. The monoisotopic (exact) mass is 243 g/mol. The molecule has 5 heteroatoms. The minimum atomic E-state index is -0.712. The minimum absolute atomic E-state index is 0.709. The van der Waals surface area contributed by atoms with Crippen molar-refractivity contribution in [3.8, 4) is 0 Å². The highest BCUT2D eigenvalue weighted by atomic mass is 32.2. The van der Waals surface area contributed by atoms with Gasteiger partial charge in [-0.3, -0.25) is 8.89 Å². The van der Waals surface area contributed by atoms with Gasteiger partial charge in [0.05, 0.1) is 11.4 Å². The van der Waals surface area contributed by atoms with E-state index in [4.69, 9.17) is 0 Å². The molecular weight excluding hydrogens is 222 g/mol. The molecule has 0 aromatic carbocycles. The highest BCUT2D eigenvalue weighted by Crippen LogP contribution is 2.05. The molecule has 0 fully saturated rings. The van der Waals surface area contributed by atoms with Crippen LogP contribution in [-0.2, 0) is 30.3 Å². The van der Waals surface area contributed by atoms with Crippen molar-refractivity contribution in [2.24, 2.45) is 0 Å². The maximum Gasteiger partial charge on any atom is 0.0625 e. The van der Waals surface area contributed by atoms with Gasteiger partial charge in [-0.15, -0.1) is 0 Å². The van der Waals surface area contributed by atoms with Crippen LogP contribution in [0, 0.1) is 0 Å². The first-order chi connectivity index (χ1) is 7.67. The molecule has 1 aromatic heterocycles. The summed E-state index contributed by atoms with van der Waals surface area (Å²) >= 11 is 0. The van der Waals surface area contributed by atoms with E-state index in [1.807, 2.05) is 4.68 Å². The van der Waals surface area contributed by atoms with Crippen molar-refractivity contribution in [2.75, 3.05) is 18.6 Å². The van der Waals surface area contributed by atoms with Gasteiger partial charge in [-0.25, -0.2) is 0 Å². The van der Waals surface area contributed by atoms with E-state index in [1.54, 1.807) is 6.26 Å². The number of rotatable bonds is 7. The fourth-order valence-corrected chi connectivity index (χ4v) is 1.97. The van der Waals surface area contributed by atoms with Crippen LogP contribution in [-0.4, -0.2) is 32.5 Å². The van der Waals surface area contributed by atoms with Gasteiger partial charge < -0.3 is 5.32 Å². The molecule has 0 saturated carbocycles. The number of hydrogen-bond donors (Lipinski definition) is 1. The maximum absolute atomic E-state index is 10.9. The molecule has 0 amide bonds. The van der Waals surface area contributed by atoms with E-state index in [-0.39, 0.29) is 0 Å².